The number of anilines is 2. The Labute approximate surface area is 151 Å². The fourth-order valence-electron chi connectivity index (χ4n) is 3.21. The first-order valence-corrected chi connectivity index (χ1v) is 9.50. The van der Waals surface area contributed by atoms with E-state index in [-0.39, 0.29) is 5.91 Å². The van der Waals surface area contributed by atoms with Gasteiger partial charge in [0.1, 0.15) is 0 Å². The standard InChI is InChI=1S/C20H31N3O2/c1-3-4-5-6-7-8-20(25)23-15-13-22(14-16-23)19-11-9-18(10-12-19)21-17(2)24/h9-12H,3-8,13-16H2,1-2H3,(H,21,24). The lowest BCUT2D eigenvalue weighted by Gasteiger charge is -2.36. The minimum absolute atomic E-state index is 0.0606. The van der Waals surface area contributed by atoms with Crippen LogP contribution in [0.3, 0.4) is 0 Å². The minimum atomic E-state index is -0.0606. The van der Waals surface area contributed by atoms with Gasteiger partial charge in [0.25, 0.3) is 0 Å². The number of hydrogen-bond donors (Lipinski definition) is 1. The van der Waals surface area contributed by atoms with Crippen LogP contribution >= 0.6 is 0 Å². The molecule has 0 bridgehead atoms. The van der Waals surface area contributed by atoms with Crippen LogP contribution in [0.4, 0.5) is 11.4 Å². The summed E-state index contributed by atoms with van der Waals surface area (Å²) in [5, 5.41) is 2.78. The van der Waals surface area contributed by atoms with Gasteiger partial charge in [-0.15, -0.1) is 0 Å². The normalized spacial score (nSPS) is 14.5. The van der Waals surface area contributed by atoms with Crippen LogP contribution in [0.15, 0.2) is 24.3 Å². The molecule has 1 heterocycles. The van der Waals surface area contributed by atoms with Gasteiger partial charge in [0.05, 0.1) is 0 Å². The molecule has 0 aliphatic carbocycles. The van der Waals surface area contributed by atoms with Gasteiger partial charge in [0.2, 0.25) is 11.8 Å². The molecule has 0 unspecified atom stereocenters. The van der Waals surface area contributed by atoms with E-state index in [0.717, 1.165) is 44.0 Å². The summed E-state index contributed by atoms with van der Waals surface area (Å²) in [5.41, 5.74) is 1.95. The molecule has 0 radical (unpaired) electrons. The average molecular weight is 345 g/mol. The highest BCUT2D eigenvalue weighted by Gasteiger charge is 2.20. The quantitative estimate of drug-likeness (QED) is 0.732. The number of carbonyl (C=O) groups is 2. The summed E-state index contributed by atoms with van der Waals surface area (Å²) in [6.45, 7) is 7.02. The molecule has 1 fully saturated rings. The molecule has 5 nitrogen and oxygen atoms in total. The van der Waals surface area contributed by atoms with E-state index in [4.69, 9.17) is 0 Å². The van der Waals surface area contributed by atoms with E-state index < -0.39 is 0 Å². The van der Waals surface area contributed by atoms with Crippen molar-refractivity contribution in [3.05, 3.63) is 24.3 Å². The van der Waals surface area contributed by atoms with Crippen molar-refractivity contribution in [1.82, 2.24) is 4.90 Å². The second-order valence-corrected chi connectivity index (χ2v) is 6.76. The minimum Gasteiger partial charge on any atom is -0.368 e. The summed E-state index contributed by atoms with van der Waals surface area (Å²) < 4.78 is 0. The fourth-order valence-corrected chi connectivity index (χ4v) is 3.21. The number of hydrogen-bond acceptors (Lipinski definition) is 3. The summed E-state index contributed by atoms with van der Waals surface area (Å²) in [5.74, 6) is 0.242. The van der Waals surface area contributed by atoms with Crippen molar-refractivity contribution in [3.63, 3.8) is 0 Å². The summed E-state index contributed by atoms with van der Waals surface area (Å²) in [6.07, 6.45) is 6.63. The molecule has 1 N–H and O–H groups in total. The number of carbonyl (C=O) groups excluding carboxylic acids is 2. The van der Waals surface area contributed by atoms with Crippen molar-refractivity contribution < 1.29 is 9.59 Å². The van der Waals surface area contributed by atoms with E-state index in [9.17, 15) is 9.59 Å². The van der Waals surface area contributed by atoms with Gasteiger partial charge in [-0.05, 0) is 30.7 Å². The van der Waals surface area contributed by atoms with E-state index >= 15 is 0 Å². The third-order valence-corrected chi connectivity index (χ3v) is 4.68. The summed E-state index contributed by atoms with van der Waals surface area (Å²) in [4.78, 5) is 27.7. The first-order valence-electron chi connectivity index (χ1n) is 9.50. The predicted molar refractivity (Wildman–Crippen MR) is 103 cm³/mol. The van der Waals surface area contributed by atoms with Crippen LogP contribution in [0.2, 0.25) is 0 Å². The molecule has 1 saturated heterocycles. The lowest BCUT2D eigenvalue weighted by molar-refractivity contribution is -0.131. The zero-order chi connectivity index (χ0) is 18.1. The third kappa shape index (κ3) is 6.40. The lowest BCUT2D eigenvalue weighted by atomic mass is 10.1. The van der Waals surface area contributed by atoms with E-state index in [1.165, 1.54) is 32.6 Å². The number of benzene rings is 1. The van der Waals surface area contributed by atoms with Crippen molar-refractivity contribution in [1.29, 1.82) is 0 Å². The number of rotatable bonds is 8. The molecule has 0 saturated carbocycles. The maximum absolute atomic E-state index is 12.3. The Hall–Kier alpha value is -2.04. The van der Waals surface area contributed by atoms with Crippen LogP contribution in [0.5, 0.6) is 0 Å². The molecule has 1 aliphatic heterocycles. The van der Waals surface area contributed by atoms with E-state index in [1.807, 2.05) is 29.2 Å². The largest absolute Gasteiger partial charge is 0.368 e. The van der Waals surface area contributed by atoms with Gasteiger partial charge in [0.15, 0.2) is 0 Å². The predicted octanol–water partition coefficient (Wildman–Crippen LogP) is 3.65. The van der Waals surface area contributed by atoms with Crippen LogP contribution in [-0.4, -0.2) is 42.9 Å². The van der Waals surface area contributed by atoms with E-state index in [2.05, 4.69) is 17.1 Å². The Morgan fingerprint density at radius 3 is 2.20 bits per heavy atom. The van der Waals surface area contributed by atoms with Crippen LogP contribution in [0.1, 0.15) is 52.4 Å². The van der Waals surface area contributed by atoms with Crippen molar-refractivity contribution in [2.24, 2.45) is 0 Å². The highest BCUT2D eigenvalue weighted by atomic mass is 16.2. The number of unbranched alkanes of at least 4 members (excludes halogenated alkanes) is 4. The number of nitrogens with one attached hydrogen (secondary N) is 1. The number of piperazine rings is 1. The van der Waals surface area contributed by atoms with E-state index in [1.54, 1.807) is 0 Å². The topological polar surface area (TPSA) is 52.7 Å². The Morgan fingerprint density at radius 2 is 1.60 bits per heavy atom. The molecule has 0 spiro atoms. The Morgan fingerprint density at radius 1 is 0.960 bits per heavy atom. The highest BCUT2D eigenvalue weighted by Crippen LogP contribution is 2.20. The average Bonchev–Trinajstić information content (AvgIpc) is 2.62. The van der Waals surface area contributed by atoms with Crippen LogP contribution < -0.4 is 10.2 Å². The summed E-state index contributed by atoms with van der Waals surface area (Å²) in [7, 11) is 0. The van der Waals surface area contributed by atoms with Crippen molar-refractivity contribution >= 4 is 23.2 Å². The summed E-state index contributed by atoms with van der Waals surface area (Å²) in [6, 6.07) is 7.89. The lowest BCUT2D eigenvalue weighted by Crippen LogP contribution is -2.48. The van der Waals surface area contributed by atoms with Crippen LogP contribution in [-0.2, 0) is 9.59 Å². The molecule has 1 aromatic carbocycles. The number of nitrogens with zero attached hydrogens (tertiary/aromatic N) is 2. The number of amides is 2. The van der Waals surface area contributed by atoms with Crippen LogP contribution in [0.25, 0.3) is 0 Å². The second kappa shape index (κ2) is 10.1. The first kappa shape index (κ1) is 19.3. The Balaban J connectivity index is 1.73. The SMILES string of the molecule is CCCCCCCC(=O)N1CCN(c2ccc(NC(C)=O)cc2)CC1. The molecular weight excluding hydrogens is 314 g/mol. The fraction of sp³-hybridized carbons (Fsp3) is 0.600. The zero-order valence-corrected chi connectivity index (χ0v) is 15.6. The first-order chi connectivity index (χ1) is 12.1. The molecule has 1 aromatic rings. The van der Waals surface area contributed by atoms with Crippen molar-refractivity contribution in [2.75, 3.05) is 36.4 Å². The molecule has 25 heavy (non-hydrogen) atoms. The van der Waals surface area contributed by atoms with Crippen LogP contribution in [0, 0.1) is 0 Å². The molecule has 0 aromatic heterocycles. The highest BCUT2D eigenvalue weighted by molar-refractivity contribution is 5.88. The summed E-state index contributed by atoms with van der Waals surface area (Å²) >= 11 is 0. The van der Waals surface area contributed by atoms with Gasteiger partial charge in [-0.2, -0.15) is 0 Å². The van der Waals surface area contributed by atoms with E-state index in [0.29, 0.717) is 12.3 Å². The van der Waals surface area contributed by atoms with Crippen molar-refractivity contribution in [2.45, 2.75) is 52.4 Å². The van der Waals surface area contributed by atoms with Crippen molar-refractivity contribution in [3.8, 4) is 0 Å². The molecule has 0 atom stereocenters. The smallest absolute Gasteiger partial charge is 0.222 e. The molecule has 2 rings (SSSR count). The van der Waals surface area contributed by atoms with Gasteiger partial charge < -0.3 is 15.1 Å². The maximum atomic E-state index is 12.3. The van der Waals surface area contributed by atoms with Gasteiger partial charge in [0, 0.05) is 50.9 Å². The molecule has 138 valence electrons. The Kier molecular flexibility index (Phi) is 7.76. The molecule has 1 aliphatic rings. The third-order valence-electron chi connectivity index (χ3n) is 4.68. The molecule has 2 amide bonds. The van der Waals surface area contributed by atoms with Gasteiger partial charge in [-0.1, -0.05) is 32.6 Å². The van der Waals surface area contributed by atoms with Gasteiger partial charge >= 0.3 is 0 Å². The second-order valence-electron chi connectivity index (χ2n) is 6.76. The molecular formula is C20H31N3O2. The Bertz CT molecular complexity index is 549. The molecule has 5 heteroatoms. The zero-order valence-electron chi connectivity index (χ0n) is 15.6. The maximum Gasteiger partial charge on any atom is 0.222 e. The monoisotopic (exact) mass is 345 g/mol. The van der Waals surface area contributed by atoms with Gasteiger partial charge in [-0.25, -0.2) is 0 Å². The van der Waals surface area contributed by atoms with Gasteiger partial charge in [-0.3, -0.25) is 9.59 Å².